The molecule has 2 atom stereocenters. The standard InChI is InChI=1S/C51H61F6N9O4/c1-49(2,3)70-42(67)14-7-25-66(4,26-8-23-64-30-40(62-38-12-5-10-34(28-38)50(52,53)54)43(47(64)68)45(60)32-15-19-36(58)20-16-32)27-9-24-65-31-41(63-39-13-6-11-35(29-39)51(55,56)57)44(48(65)69)46(61)33-17-21-37(59)22-18-33/h5-6,10-13,15-22,28-29,45-46H,7-9,14,23-27,30-31,58-61H2,1-4H3,(H-,62,63,68,69)/p+1/t45-,46-/m1/s1. The quantitative estimate of drug-likeness (QED) is 0.0217. The molecule has 10 N–H and O–H groups in total. The number of rotatable bonds is 20. The van der Waals surface area contributed by atoms with Crippen LogP contribution in [-0.2, 0) is 31.5 Å². The normalized spacial score (nSPS) is 15.8. The predicted octanol–water partition coefficient (Wildman–Crippen LogP) is 8.35. The highest BCUT2D eigenvalue weighted by Gasteiger charge is 2.38. The number of hydrogen-bond acceptors (Lipinski definition) is 10. The van der Waals surface area contributed by atoms with E-state index in [9.17, 15) is 40.7 Å². The molecule has 2 aliphatic rings. The van der Waals surface area contributed by atoms with Gasteiger partial charge in [-0.1, -0.05) is 36.4 Å². The first-order valence-corrected chi connectivity index (χ1v) is 23.0. The summed E-state index contributed by atoms with van der Waals surface area (Å²) in [5, 5.41) is 6.12. The number of ether oxygens (including phenoxy) is 1. The number of carbonyl (C=O) groups excluding carboxylic acids is 3. The molecule has 0 unspecified atom stereocenters. The number of alkyl halides is 6. The number of halogens is 6. The molecule has 376 valence electrons. The van der Waals surface area contributed by atoms with Gasteiger partial charge in [-0.15, -0.1) is 0 Å². The number of quaternary nitrogens is 1. The lowest BCUT2D eigenvalue weighted by Gasteiger charge is -2.36. The van der Waals surface area contributed by atoms with Gasteiger partial charge in [-0.05, 0) is 92.6 Å². The van der Waals surface area contributed by atoms with E-state index in [0.29, 0.717) is 77.3 Å². The fourth-order valence-corrected chi connectivity index (χ4v) is 8.77. The predicted molar refractivity (Wildman–Crippen MR) is 258 cm³/mol. The summed E-state index contributed by atoms with van der Waals surface area (Å²) in [6.45, 7) is 7.57. The third-order valence-electron chi connectivity index (χ3n) is 12.3. The molecule has 6 rings (SSSR count). The summed E-state index contributed by atoms with van der Waals surface area (Å²) in [6, 6.07) is 20.9. The molecule has 4 aromatic rings. The number of nitrogen functional groups attached to an aromatic ring is 2. The van der Waals surface area contributed by atoms with Crippen LogP contribution in [0.2, 0.25) is 0 Å². The van der Waals surface area contributed by atoms with E-state index in [1.165, 1.54) is 24.3 Å². The van der Waals surface area contributed by atoms with Gasteiger partial charge in [-0.25, -0.2) is 0 Å². The molecule has 0 aliphatic carbocycles. The number of amides is 2. The number of nitrogens with zero attached hydrogens (tertiary/aromatic N) is 3. The van der Waals surface area contributed by atoms with E-state index in [1.54, 1.807) is 79.1 Å². The van der Waals surface area contributed by atoms with Gasteiger partial charge >= 0.3 is 18.3 Å². The Morgan fingerprint density at radius 2 is 1.03 bits per heavy atom. The van der Waals surface area contributed by atoms with Gasteiger partial charge in [0.05, 0.1) is 80.5 Å². The molecule has 4 aromatic carbocycles. The van der Waals surface area contributed by atoms with Crippen LogP contribution in [0.1, 0.15) is 80.8 Å². The van der Waals surface area contributed by atoms with Crippen molar-refractivity contribution in [2.75, 3.05) is 75.0 Å². The second-order valence-corrected chi connectivity index (χ2v) is 19.1. The van der Waals surface area contributed by atoms with Gasteiger partial charge in [-0.3, -0.25) is 14.4 Å². The van der Waals surface area contributed by atoms with Crippen LogP contribution in [0.25, 0.3) is 0 Å². The van der Waals surface area contributed by atoms with Crippen molar-refractivity contribution in [2.45, 2.75) is 76.5 Å². The Morgan fingerprint density at radius 3 is 1.40 bits per heavy atom. The summed E-state index contributed by atoms with van der Waals surface area (Å²) >= 11 is 0. The largest absolute Gasteiger partial charge is 0.460 e. The lowest BCUT2D eigenvalue weighted by atomic mass is 9.98. The van der Waals surface area contributed by atoms with Crippen molar-refractivity contribution in [3.8, 4) is 0 Å². The molecule has 0 fully saturated rings. The lowest BCUT2D eigenvalue weighted by Crippen LogP contribution is -2.48. The monoisotopic (exact) mass is 978 g/mol. The molecule has 0 radical (unpaired) electrons. The Balaban J connectivity index is 1.18. The van der Waals surface area contributed by atoms with Crippen molar-refractivity contribution >= 4 is 40.5 Å². The zero-order valence-electron chi connectivity index (χ0n) is 39.7. The Bertz CT molecular complexity index is 2420. The molecule has 2 amide bonds. The number of nitrogens with two attached hydrogens (primary N) is 4. The van der Waals surface area contributed by atoms with Crippen molar-refractivity contribution in [1.82, 2.24) is 9.80 Å². The van der Waals surface area contributed by atoms with Crippen LogP contribution in [0, 0.1) is 0 Å². The lowest BCUT2D eigenvalue weighted by molar-refractivity contribution is -0.910. The van der Waals surface area contributed by atoms with Gasteiger partial charge in [0.2, 0.25) is 0 Å². The second kappa shape index (κ2) is 21.6. The molecule has 13 nitrogen and oxygen atoms in total. The van der Waals surface area contributed by atoms with Crippen molar-refractivity contribution in [3.05, 3.63) is 142 Å². The van der Waals surface area contributed by atoms with E-state index in [-0.39, 0.29) is 72.9 Å². The number of anilines is 4. The average molecular weight is 979 g/mol. The topological polar surface area (TPSA) is 195 Å². The van der Waals surface area contributed by atoms with Crippen LogP contribution in [0.3, 0.4) is 0 Å². The van der Waals surface area contributed by atoms with Gasteiger partial charge < -0.3 is 52.6 Å². The highest BCUT2D eigenvalue weighted by Crippen LogP contribution is 2.36. The number of nitrogens with one attached hydrogen (secondary N) is 2. The Morgan fingerprint density at radius 1 is 0.643 bits per heavy atom. The van der Waals surface area contributed by atoms with E-state index in [0.717, 1.165) is 24.3 Å². The van der Waals surface area contributed by atoms with E-state index in [4.69, 9.17) is 27.7 Å². The van der Waals surface area contributed by atoms with Crippen LogP contribution in [0.5, 0.6) is 0 Å². The molecule has 0 aromatic heterocycles. The van der Waals surface area contributed by atoms with Gasteiger partial charge in [0.1, 0.15) is 5.60 Å². The molecule has 2 aliphatic heterocycles. The van der Waals surface area contributed by atoms with Gasteiger partial charge in [0, 0.05) is 66.5 Å². The molecule has 0 bridgehead atoms. The molecule has 0 saturated carbocycles. The minimum absolute atomic E-state index is 0.0528. The summed E-state index contributed by atoms with van der Waals surface area (Å²) in [7, 11) is 2.02. The zero-order valence-corrected chi connectivity index (χ0v) is 39.7. The first-order chi connectivity index (χ1) is 32.8. The first kappa shape index (κ1) is 52.8. The molecule has 2 heterocycles. The zero-order chi connectivity index (χ0) is 51.2. The molecular formula is C51H62F6N9O4+. The molecule has 70 heavy (non-hydrogen) atoms. The maximum Gasteiger partial charge on any atom is 0.416 e. The van der Waals surface area contributed by atoms with Crippen LogP contribution in [0.15, 0.2) is 120 Å². The fourth-order valence-electron chi connectivity index (χ4n) is 8.77. The highest BCUT2D eigenvalue weighted by molar-refractivity contribution is 6.00. The van der Waals surface area contributed by atoms with Gasteiger partial charge in [0.25, 0.3) is 11.8 Å². The first-order valence-electron chi connectivity index (χ1n) is 23.0. The minimum Gasteiger partial charge on any atom is -0.460 e. The summed E-state index contributed by atoms with van der Waals surface area (Å²) in [6.07, 6.45) is -7.59. The molecular weight excluding hydrogens is 917 g/mol. The van der Waals surface area contributed by atoms with E-state index < -0.39 is 41.2 Å². The van der Waals surface area contributed by atoms with Gasteiger partial charge in [-0.2, -0.15) is 26.3 Å². The van der Waals surface area contributed by atoms with E-state index in [2.05, 4.69) is 10.6 Å². The Kier molecular flexibility index (Phi) is 16.3. The van der Waals surface area contributed by atoms with Crippen molar-refractivity contribution in [1.29, 1.82) is 0 Å². The molecule has 0 saturated heterocycles. The minimum atomic E-state index is -4.59. The van der Waals surface area contributed by atoms with Crippen LogP contribution < -0.4 is 33.6 Å². The average Bonchev–Trinajstić information content (AvgIpc) is 3.75. The van der Waals surface area contributed by atoms with E-state index >= 15 is 0 Å². The summed E-state index contributed by atoms with van der Waals surface area (Å²) in [4.78, 5) is 44.5. The smallest absolute Gasteiger partial charge is 0.416 e. The SMILES string of the molecule is CC(C)(C)OC(=O)CCC[N+](C)(CCCN1CC(Nc2cccc(C(F)(F)F)c2)=C([C@H](N)c2ccc(N)cc2)C1=O)CCCN1CC(Nc2cccc(C(F)(F)F)c2)=C([C@H](N)c2ccc(N)cc2)C1=O. The summed E-state index contributed by atoms with van der Waals surface area (Å²) < 4.78 is 88.1. The third-order valence-corrected chi connectivity index (χ3v) is 12.3. The maximum absolute atomic E-state index is 14.2. The number of hydrogen-bond donors (Lipinski definition) is 6. The number of esters is 1. The van der Waals surface area contributed by atoms with Crippen molar-refractivity contribution in [3.63, 3.8) is 0 Å². The Hall–Kier alpha value is -6.57. The highest BCUT2D eigenvalue weighted by atomic mass is 19.4. The Labute approximate surface area is 404 Å². The third kappa shape index (κ3) is 13.8. The fraction of sp³-hybridized carbons (Fsp3) is 0.392. The van der Waals surface area contributed by atoms with Crippen molar-refractivity contribution in [2.24, 2.45) is 11.5 Å². The maximum atomic E-state index is 14.2. The van der Waals surface area contributed by atoms with Crippen LogP contribution in [0.4, 0.5) is 49.1 Å². The number of carbonyl (C=O) groups is 3. The second-order valence-electron chi connectivity index (χ2n) is 19.1. The van der Waals surface area contributed by atoms with Gasteiger partial charge in [0.15, 0.2) is 0 Å². The molecule has 0 spiro atoms. The summed E-state index contributed by atoms with van der Waals surface area (Å²) in [5.41, 5.74) is 26.4. The summed E-state index contributed by atoms with van der Waals surface area (Å²) in [5.74, 6) is -1.10. The number of benzene rings is 4. The van der Waals surface area contributed by atoms with Crippen LogP contribution in [-0.4, -0.2) is 90.5 Å². The van der Waals surface area contributed by atoms with E-state index in [1.807, 2.05) is 7.05 Å². The molecule has 19 heteroatoms. The van der Waals surface area contributed by atoms with Crippen LogP contribution >= 0.6 is 0 Å². The van der Waals surface area contributed by atoms with Crippen molar-refractivity contribution < 1.29 is 49.9 Å².